The van der Waals surface area contributed by atoms with Crippen LogP contribution in [0.5, 0.6) is 0 Å². The summed E-state index contributed by atoms with van der Waals surface area (Å²) in [5.74, 6) is -0.251. The van der Waals surface area contributed by atoms with Crippen LogP contribution >= 0.6 is 23.1 Å². The number of thioether (sulfide) groups is 1. The summed E-state index contributed by atoms with van der Waals surface area (Å²) in [4.78, 5) is 47.4. The molecule has 1 aliphatic carbocycles. The van der Waals surface area contributed by atoms with Gasteiger partial charge < -0.3 is 9.64 Å². The number of carbonyl (C=O) groups excluding carboxylic acids is 2. The van der Waals surface area contributed by atoms with E-state index in [2.05, 4.69) is 0 Å². The summed E-state index contributed by atoms with van der Waals surface area (Å²) in [6.07, 6.45) is 5.45. The lowest BCUT2D eigenvalue weighted by Gasteiger charge is -2.32. The maximum atomic E-state index is 13.6. The second-order valence-electron chi connectivity index (χ2n) is 9.08. The van der Waals surface area contributed by atoms with E-state index in [1.807, 2.05) is 37.2 Å². The molecule has 4 rings (SSSR count). The van der Waals surface area contributed by atoms with E-state index in [0.717, 1.165) is 46.3 Å². The summed E-state index contributed by atoms with van der Waals surface area (Å²) < 4.78 is 7.01. The number of rotatable bonds is 6. The Morgan fingerprint density at radius 3 is 2.48 bits per heavy atom. The molecule has 1 amide bonds. The van der Waals surface area contributed by atoms with Gasteiger partial charge in [-0.3, -0.25) is 19.0 Å². The van der Waals surface area contributed by atoms with E-state index >= 15 is 0 Å². The Kier molecular flexibility index (Phi) is 7.48. The average Bonchev–Trinajstić information content (AvgIpc) is 3.42. The number of hydrogen-bond acceptors (Lipinski definition) is 7. The third kappa shape index (κ3) is 4.85. The summed E-state index contributed by atoms with van der Waals surface area (Å²) >= 11 is 2.95. The summed E-state index contributed by atoms with van der Waals surface area (Å²) in [5.41, 5.74) is 1.05. The normalized spacial score (nSPS) is 18.7. The number of likely N-dealkylation sites (tertiary alicyclic amines) is 1. The van der Waals surface area contributed by atoms with Crippen molar-refractivity contribution in [2.75, 3.05) is 19.7 Å². The number of aromatic nitrogens is 2. The molecule has 3 heterocycles. The van der Waals surface area contributed by atoms with Crippen LogP contribution in [0.15, 0.2) is 9.95 Å². The minimum Gasteiger partial charge on any atom is -0.466 e. The number of aryl methyl sites for hydroxylation is 2. The summed E-state index contributed by atoms with van der Waals surface area (Å²) in [5, 5.41) is 1.03. The Hall–Kier alpha value is -1.87. The van der Waals surface area contributed by atoms with Crippen LogP contribution in [0.1, 0.15) is 68.9 Å². The molecule has 180 valence electrons. The number of hydrogen-bond donors (Lipinski definition) is 0. The molecule has 1 atom stereocenters. The van der Waals surface area contributed by atoms with Gasteiger partial charge in [-0.2, -0.15) is 0 Å². The molecule has 2 fully saturated rings. The van der Waals surface area contributed by atoms with E-state index in [1.54, 1.807) is 11.3 Å². The molecule has 7 nitrogen and oxygen atoms in total. The zero-order valence-electron chi connectivity index (χ0n) is 19.9. The van der Waals surface area contributed by atoms with Crippen LogP contribution in [0.25, 0.3) is 10.2 Å². The van der Waals surface area contributed by atoms with Gasteiger partial charge in [0.1, 0.15) is 4.83 Å². The molecule has 33 heavy (non-hydrogen) atoms. The molecule has 1 unspecified atom stereocenters. The molecule has 2 aromatic heterocycles. The highest BCUT2D eigenvalue weighted by atomic mass is 32.2. The standard InChI is InChI=1S/C24H33N3O4S2/c1-5-31-23(30)17-10-12-26(13-11-17)21(28)16(4)33-24-25-20-19(14(2)15(3)32-20)22(29)27(24)18-8-6-7-9-18/h16-18H,5-13H2,1-4H3. The van der Waals surface area contributed by atoms with Crippen molar-refractivity contribution in [2.24, 2.45) is 5.92 Å². The van der Waals surface area contributed by atoms with Gasteiger partial charge in [0.05, 0.1) is 23.2 Å². The minimum absolute atomic E-state index is 0.0335. The topological polar surface area (TPSA) is 81.5 Å². The van der Waals surface area contributed by atoms with Crippen molar-refractivity contribution in [1.82, 2.24) is 14.5 Å². The smallest absolute Gasteiger partial charge is 0.309 e. The van der Waals surface area contributed by atoms with Gasteiger partial charge in [-0.05, 0) is 58.9 Å². The summed E-state index contributed by atoms with van der Waals surface area (Å²) in [6.45, 7) is 9.22. The highest BCUT2D eigenvalue weighted by Gasteiger charge is 2.32. The van der Waals surface area contributed by atoms with E-state index in [9.17, 15) is 14.4 Å². The summed E-state index contributed by atoms with van der Waals surface area (Å²) in [6, 6.07) is 0.152. The van der Waals surface area contributed by atoms with Gasteiger partial charge in [0, 0.05) is 24.0 Å². The SMILES string of the molecule is CCOC(=O)C1CCN(C(=O)C(C)Sc2nc3sc(C)c(C)c3c(=O)n2C2CCCC2)CC1. The van der Waals surface area contributed by atoms with Gasteiger partial charge in [0.25, 0.3) is 5.56 Å². The van der Waals surface area contributed by atoms with Crippen molar-refractivity contribution in [3.05, 3.63) is 20.8 Å². The monoisotopic (exact) mass is 491 g/mol. The molecule has 9 heteroatoms. The van der Waals surface area contributed by atoms with Gasteiger partial charge in [-0.1, -0.05) is 24.6 Å². The molecule has 1 saturated heterocycles. The van der Waals surface area contributed by atoms with Crippen LogP contribution < -0.4 is 5.56 Å². The van der Waals surface area contributed by atoms with Gasteiger partial charge in [0.2, 0.25) is 5.91 Å². The lowest BCUT2D eigenvalue weighted by atomic mass is 9.97. The fourth-order valence-electron chi connectivity index (χ4n) is 4.92. The van der Waals surface area contributed by atoms with Crippen molar-refractivity contribution in [2.45, 2.75) is 82.7 Å². The second-order valence-corrected chi connectivity index (χ2v) is 11.6. The number of carbonyl (C=O) groups is 2. The van der Waals surface area contributed by atoms with Crippen LogP contribution in [0.3, 0.4) is 0 Å². The van der Waals surface area contributed by atoms with Crippen molar-refractivity contribution >= 4 is 45.2 Å². The van der Waals surface area contributed by atoms with E-state index in [-0.39, 0.29) is 34.6 Å². The van der Waals surface area contributed by atoms with Crippen LogP contribution in [0, 0.1) is 19.8 Å². The van der Waals surface area contributed by atoms with E-state index in [4.69, 9.17) is 9.72 Å². The van der Waals surface area contributed by atoms with Crippen molar-refractivity contribution in [3.63, 3.8) is 0 Å². The molecule has 0 N–H and O–H groups in total. The van der Waals surface area contributed by atoms with Gasteiger partial charge in [0.15, 0.2) is 5.16 Å². The lowest BCUT2D eigenvalue weighted by molar-refractivity contribution is -0.151. The van der Waals surface area contributed by atoms with Gasteiger partial charge >= 0.3 is 5.97 Å². The number of piperidine rings is 1. The van der Waals surface area contributed by atoms with Gasteiger partial charge in [-0.15, -0.1) is 11.3 Å². The number of fused-ring (bicyclic) bond motifs is 1. The zero-order chi connectivity index (χ0) is 23.7. The fraction of sp³-hybridized carbons (Fsp3) is 0.667. The third-order valence-corrected chi connectivity index (χ3v) is 9.10. The zero-order valence-corrected chi connectivity index (χ0v) is 21.5. The highest BCUT2D eigenvalue weighted by molar-refractivity contribution is 8.00. The number of ether oxygens (including phenoxy) is 1. The first-order valence-electron chi connectivity index (χ1n) is 12.0. The van der Waals surface area contributed by atoms with Crippen LogP contribution in [0.4, 0.5) is 0 Å². The molecule has 0 spiro atoms. The Balaban J connectivity index is 1.54. The predicted octanol–water partition coefficient (Wildman–Crippen LogP) is 4.47. The average molecular weight is 492 g/mol. The predicted molar refractivity (Wildman–Crippen MR) is 132 cm³/mol. The molecule has 0 radical (unpaired) electrons. The molecular weight excluding hydrogens is 458 g/mol. The Labute approximate surface area is 202 Å². The van der Waals surface area contributed by atoms with Crippen LogP contribution in [-0.4, -0.2) is 51.3 Å². The molecule has 1 aliphatic heterocycles. The first-order valence-corrected chi connectivity index (χ1v) is 13.7. The first kappa shape index (κ1) is 24.3. The molecule has 2 aliphatic rings. The van der Waals surface area contributed by atoms with E-state index < -0.39 is 0 Å². The van der Waals surface area contributed by atoms with Crippen LogP contribution in [0.2, 0.25) is 0 Å². The Morgan fingerprint density at radius 1 is 1.18 bits per heavy atom. The summed E-state index contributed by atoms with van der Waals surface area (Å²) in [7, 11) is 0. The fourth-order valence-corrected chi connectivity index (χ4v) is 7.05. The first-order chi connectivity index (χ1) is 15.8. The number of thiophene rings is 1. The molecule has 0 bridgehead atoms. The van der Waals surface area contributed by atoms with E-state index in [1.165, 1.54) is 11.8 Å². The highest BCUT2D eigenvalue weighted by Crippen LogP contribution is 2.36. The van der Waals surface area contributed by atoms with Crippen molar-refractivity contribution in [1.29, 1.82) is 0 Å². The van der Waals surface area contributed by atoms with Crippen molar-refractivity contribution < 1.29 is 14.3 Å². The number of nitrogens with zero attached hydrogens (tertiary/aromatic N) is 3. The molecule has 2 aromatic rings. The molecule has 0 aromatic carbocycles. The quantitative estimate of drug-likeness (QED) is 0.337. The Bertz CT molecular complexity index is 1100. The van der Waals surface area contributed by atoms with E-state index in [0.29, 0.717) is 37.7 Å². The van der Waals surface area contributed by atoms with Gasteiger partial charge in [-0.25, -0.2) is 4.98 Å². The molecule has 1 saturated carbocycles. The number of amides is 1. The largest absolute Gasteiger partial charge is 0.466 e. The second kappa shape index (κ2) is 10.2. The van der Waals surface area contributed by atoms with Crippen molar-refractivity contribution in [3.8, 4) is 0 Å². The maximum Gasteiger partial charge on any atom is 0.309 e. The Morgan fingerprint density at radius 2 is 1.85 bits per heavy atom. The van der Waals surface area contributed by atoms with Crippen LogP contribution in [-0.2, 0) is 14.3 Å². The lowest BCUT2D eigenvalue weighted by Crippen LogP contribution is -2.43. The minimum atomic E-state index is -0.358. The number of esters is 1. The molecular formula is C24H33N3O4S2. The third-order valence-electron chi connectivity index (χ3n) is 6.95. The maximum absolute atomic E-state index is 13.6.